The van der Waals surface area contributed by atoms with E-state index in [2.05, 4.69) is 38.1 Å². The predicted molar refractivity (Wildman–Crippen MR) is 99.3 cm³/mol. The van der Waals surface area contributed by atoms with Crippen LogP contribution in [0.3, 0.4) is 0 Å². The average molecular weight is 341 g/mol. The van der Waals surface area contributed by atoms with Gasteiger partial charge in [0.1, 0.15) is 0 Å². The van der Waals surface area contributed by atoms with Crippen LogP contribution in [0.4, 0.5) is 0 Å². The van der Waals surface area contributed by atoms with Crippen molar-refractivity contribution in [3.63, 3.8) is 0 Å². The molecule has 1 saturated heterocycles. The Balaban J connectivity index is 1.26. The second kappa shape index (κ2) is 5.84. The smallest absolute Gasteiger partial charge is 0.225 e. The van der Waals surface area contributed by atoms with Crippen molar-refractivity contribution in [3.8, 4) is 0 Å². The zero-order valence-electron chi connectivity index (χ0n) is 15.8. The van der Waals surface area contributed by atoms with E-state index in [0.717, 1.165) is 19.0 Å². The van der Waals surface area contributed by atoms with E-state index in [9.17, 15) is 9.90 Å². The molecule has 0 radical (unpaired) electrons. The molecule has 4 rings (SSSR count). The first-order valence-corrected chi connectivity index (χ1v) is 9.86. The number of aliphatic hydroxyl groups is 1. The molecule has 1 heterocycles. The summed E-state index contributed by atoms with van der Waals surface area (Å²) in [7, 11) is 0. The van der Waals surface area contributed by atoms with E-state index in [4.69, 9.17) is 0 Å². The summed E-state index contributed by atoms with van der Waals surface area (Å²) < 4.78 is 0. The number of likely N-dealkylation sites (tertiary alicyclic amines) is 1. The van der Waals surface area contributed by atoms with Gasteiger partial charge in [0.15, 0.2) is 0 Å². The first-order valence-electron chi connectivity index (χ1n) is 9.86. The molecule has 3 aliphatic rings. The molecule has 0 aromatic heterocycles. The van der Waals surface area contributed by atoms with Crippen LogP contribution in [-0.2, 0) is 11.2 Å². The number of nitrogens with zero attached hydrogens (tertiary/aromatic N) is 1. The van der Waals surface area contributed by atoms with Crippen LogP contribution in [0.25, 0.3) is 0 Å². The van der Waals surface area contributed by atoms with Gasteiger partial charge in [0.2, 0.25) is 5.91 Å². The van der Waals surface area contributed by atoms with Crippen molar-refractivity contribution < 1.29 is 9.90 Å². The molecule has 1 aliphatic heterocycles. The summed E-state index contributed by atoms with van der Waals surface area (Å²) in [5.74, 6) is 1.72. The van der Waals surface area contributed by atoms with Crippen molar-refractivity contribution in [3.05, 3.63) is 35.4 Å². The molecule has 3 fully saturated rings. The first kappa shape index (κ1) is 17.1. The Labute approximate surface area is 151 Å². The minimum absolute atomic E-state index is 0.0705. The summed E-state index contributed by atoms with van der Waals surface area (Å²) in [6.07, 6.45) is 5.01. The highest BCUT2D eigenvalue weighted by atomic mass is 16.3. The summed E-state index contributed by atoms with van der Waals surface area (Å²) in [4.78, 5) is 14.5. The molecule has 1 aromatic carbocycles. The number of carbonyl (C=O) groups is 1. The number of carbonyl (C=O) groups excluding carboxylic acids is 1. The van der Waals surface area contributed by atoms with E-state index in [1.165, 1.54) is 30.4 Å². The first-order chi connectivity index (χ1) is 11.8. The Morgan fingerprint density at radius 3 is 2.44 bits per heavy atom. The third-order valence-electron chi connectivity index (χ3n) is 6.71. The maximum atomic E-state index is 12.4. The van der Waals surface area contributed by atoms with Crippen LogP contribution in [-0.4, -0.2) is 34.6 Å². The average Bonchev–Trinajstić information content (AvgIpc) is 2.45. The SMILES string of the molecule is CC(C)c1ccccc1CC1CC2(C1)CN(C(=O)C1CC(C)(O)C1)C2. The Bertz CT molecular complexity index is 656. The molecule has 0 bridgehead atoms. The van der Waals surface area contributed by atoms with Gasteiger partial charge in [-0.05, 0) is 62.0 Å². The van der Waals surface area contributed by atoms with Gasteiger partial charge >= 0.3 is 0 Å². The molecule has 1 N–H and O–H groups in total. The Kier molecular flexibility index (Phi) is 3.99. The Morgan fingerprint density at radius 1 is 1.20 bits per heavy atom. The van der Waals surface area contributed by atoms with Gasteiger partial charge in [0.05, 0.1) is 5.60 Å². The molecule has 1 amide bonds. The van der Waals surface area contributed by atoms with Gasteiger partial charge in [0.25, 0.3) is 0 Å². The van der Waals surface area contributed by atoms with Crippen molar-refractivity contribution in [1.82, 2.24) is 4.90 Å². The fraction of sp³-hybridized carbons (Fsp3) is 0.682. The second-order valence-corrected chi connectivity index (χ2v) is 9.63. The van der Waals surface area contributed by atoms with Gasteiger partial charge in [-0.15, -0.1) is 0 Å². The van der Waals surface area contributed by atoms with Crippen LogP contribution in [0.1, 0.15) is 63.5 Å². The van der Waals surface area contributed by atoms with Crippen LogP contribution < -0.4 is 0 Å². The lowest BCUT2D eigenvalue weighted by molar-refractivity contribution is -0.171. The maximum absolute atomic E-state index is 12.4. The molecule has 0 unspecified atom stereocenters. The highest BCUT2D eigenvalue weighted by Crippen LogP contribution is 2.54. The fourth-order valence-corrected chi connectivity index (χ4v) is 5.52. The zero-order valence-corrected chi connectivity index (χ0v) is 15.8. The van der Waals surface area contributed by atoms with Gasteiger partial charge in [0, 0.05) is 24.4 Å². The predicted octanol–water partition coefficient (Wildman–Crippen LogP) is 3.75. The van der Waals surface area contributed by atoms with Crippen LogP contribution >= 0.6 is 0 Å². The van der Waals surface area contributed by atoms with E-state index >= 15 is 0 Å². The molecular formula is C22H31NO2. The van der Waals surface area contributed by atoms with E-state index in [1.807, 2.05) is 11.8 Å². The summed E-state index contributed by atoms with van der Waals surface area (Å²) in [5, 5.41) is 9.83. The van der Waals surface area contributed by atoms with Crippen molar-refractivity contribution in [2.24, 2.45) is 17.3 Å². The minimum Gasteiger partial charge on any atom is -0.390 e. The largest absolute Gasteiger partial charge is 0.390 e. The highest BCUT2D eigenvalue weighted by Gasteiger charge is 2.55. The molecule has 136 valence electrons. The Hall–Kier alpha value is -1.35. The molecule has 0 atom stereocenters. The quantitative estimate of drug-likeness (QED) is 0.906. The molecule has 25 heavy (non-hydrogen) atoms. The maximum Gasteiger partial charge on any atom is 0.225 e. The molecule has 1 aromatic rings. The van der Waals surface area contributed by atoms with Crippen molar-refractivity contribution >= 4 is 5.91 Å². The van der Waals surface area contributed by atoms with Crippen molar-refractivity contribution in [2.45, 2.75) is 64.4 Å². The number of hydrogen-bond donors (Lipinski definition) is 1. The van der Waals surface area contributed by atoms with Gasteiger partial charge in [-0.3, -0.25) is 4.79 Å². The third-order valence-corrected chi connectivity index (χ3v) is 6.71. The summed E-state index contributed by atoms with van der Waals surface area (Å²) in [6.45, 7) is 8.28. The van der Waals surface area contributed by atoms with Gasteiger partial charge in [-0.1, -0.05) is 38.1 Å². The van der Waals surface area contributed by atoms with Crippen molar-refractivity contribution in [2.75, 3.05) is 13.1 Å². The van der Waals surface area contributed by atoms with E-state index in [-0.39, 0.29) is 11.8 Å². The molecule has 3 heteroatoms. The second-order valence-electron chi connectivity index (χ2n) is 9.63. The standard InChI is InChI=1S/C22H31NO2/c1-15(2)19-7-5-4-6-17(19)8-16-9-22(10-16)13-23(14-22)20(24)18-11-21(3,25)12-18/h4-7,15-16,18,25H,8-14H2,1-3H3. The van der Waals surface area contributed by atoms with Crippen LogP contribution in [0.5, 0.6) is 0 Å². The molecule has 2 saturated carbocycles. The van der Waals surface area contributed by atoms with Gasteiger partial charge in [-0.25, -0.2) is 0 Å². The zero-order chi connectivity index (χ0) is 17.8. The molecular weight excluding hydrogens is 310 g/mol. The molecule has 2 aliphatic carbocycles. The number of benzene rings is 1. The van der Waals surface area contributed by atoms with Gasteiger partial charge < -0.3 is 10.0 Å². The lowest BCUT2D eigenvalue weighted by Gasteiger charge is -2.60. The number of amides is 1. The van der Waals surface area contributed by atoms with E-state index in [0.29, 0.717) is 24.2 Å². The topological polar surface area (TPSA) is 40.5 Å². The highest BCUT2D eigenvalue weighted by molar-refractivity contribution is 5.81. The number of hydrogen-bond acceptors (Lipinski definition) is 2. The lowest BCUT2D eigenvalue weighted by atomic mass is 9.56. The lowest BCUT2D eigenvalue weighted by Crippen LogP contribution is -2.66. The van der Waals surface area contributed by atoms with Crippen LogP contribution in [0.15, 0.2) is 24.3 Å². The van der Waals surface area contributed by atoms with Crippen LogP contribution in [0.2, 0.25) is 0 Å². The van der Waals surface area contributed by atoms with Gasteiger partial charge in [-0.2, -0.15) is 0 Å². The summed E-state index contributed by atoms with van der Waals surface area (Å²) >= 11 is 0. The van der Waals surface area contributed by atoms with E-state index in [1.54, 1.807) is 0 Å². The van der Waals surface area contributed by atoms with E-state index < -0.39 is 5.60 Å². The molecule has 1 spiro atoms. The summed E-state index contributed by atoms with van der Waals surface area (Å²) in [6, 6.07) is 8.87. The molecule has 3 nitrogen and oxygen atoms in total. The summed E-state index contributed by atoms with van der Waals surface area (Å²) in [5.41, 5.74) is 2.82. The third kappa shape index (κ3) is 3.12. The Morgan fingerprint density at radius 2 is 1.84 bits per heavy atom. The van der Waals surface area contributed by atoms with Crippen LogP contribution in [0, 0.1) is 17.3 Å². The number of rotatable bonds is 4. The monoisotopic (exact) mass is 341 g/mol. The normalized spacial score (nSPS) is 30.8. The minimum atomic E-state index is -0.603. The van der Waals surface area contributed by atoms with Crippen molar-refractivity contribution in [1.29, 1.82) is 0 Å². The fourth-order valence-electron chi connectivity index (χ4n) is 5.52.